The van der Waals surface area contributed by atoms with Gasteiger partial charge in [-0.05, 0) is 49.0 Å². The second-order valence-corrected chi connectivity index (χ2v) is 6.05. The van der Waals surface area contributed by atoms with Gasteiger partial charge in [0.15, 0.2) is 0 Å². The molecular formula is C15H22BrN3O2. The van der Waals surface area contributed by atoms with Crippen LogP contribution in [0.3, 0.4) is 0 Å². The van der Waals surface area contributed by atoms with Crippen molar-refractivity contribution in [2.75, 3.05) is 37.5 Å². The molecule has 21 heavy (non-hydrogen) atoms. The van der Waals surface area contributed by atoms with Crippen molar-refractivity contribution >= 4 is 33.2 Å². The molecule has 0 spiro atoms. The van der Waals surface area contributed by atoms with Crippen molar-refractivity contribution in [3.05, 3.63) is 22.2 Å². The zero-order valence-electron chi connectivity index (χ0n) is 12.9. The lowest BCUT2D eigenvalue weighted by Gasteiger charge is -2.31. The maximum absolute atomic E-state index is 11.9. The fraction of sp³-hybridized carbons (Fsp3) is 0.533. The van der Waals surface area contributed by atoms with Gasteiger partial charge in [-0.25, -0.2) is 0 Å². The zero-order valence-corrected chi connectivity index (χ0v) is 14.5. The van der Waals surface area contributed by atoms with E-state index in [-0.39, 0.29) is 18.0 Å². The highest BCUT2D eigenvalue weighted by atomic mass is 79.9. The molecule has 116 valence electrons. The number of hydrogen-bond donors (Lipinski definition) is 2. The summed E-state index contributed by atoms with van der Waals surface area (Å²) in [6, 6.07) is 4.03. The number of carbonyl (C=O) groups is 1. The van der Waals surface area contributed by atoms with Crippen LogP contribution in [0.4, 0.5) is 11.4 Å². The number of benzene rings is 1. The van der Waals surface area contributed by atoms with Crippen LogP contribution in [0, 0.1) is 0 Å². The molecule has 2 rings (SSSR count). The summed E-state index contributed by atoms with van der Waals surface area (Å²) in [7, 11) is 3.50. The molecule has 0 radical (unpaired) electrons. The minimum Gasteiger partial charge on any atom is -0.383 e. The fourth-order valence-electron chi connectivity index (χ4n) is 2.83. The predicted octanol–water partition coefficient (Wildman–Crippen LogP) is 2.52. The summed E-state index contributed by atoms with van der Waals surface area (Å²) in [4.78, 5) is 14.2. The summed E-state index contributed by atoms with van der Waals surface area (Å²) >= 11 is 3.64. The number of anilines is 2. The van der Waals surface area contributed by atoms with Gasteiger partial charge < -0.3 is 20.3 Å². The highest BCUT2D eigenvalue weighted by Crippen LogP contribution is 2.39. The third-order valence-corrected chi connectivity index (χ3v) is 4.46. The Morgan fingerprint density at radius 2 is 2.24 bits per heavy atom. The maximum Gasteiger partial charge on any atom is 0.246 e. The first-order chi connectivity index (χ1) is 10.0. The summed E-state index contributed by atoms with van der Waals surface area (Å²) in [5.41, 5.74) is 2.92. The van der Waals surface area contributed by atoms with Crippen LogP contribution >= 0.6 is 15.9 Å². The van der Waals surface area contributed by atoms with E-state index in [2.05, 4.69) is 45.3 Å². The van der Waals surface area contributed by atoms with E-state index in [0.717, 1.165) is 28.0 Å². The third-order valence-electron chi connectivity index (χ3n) is 3.83. The average Bonchev–Trinajstić information content (AvgIpc) is 2.74. The lowest BCUT2D eigenvalue weighted by Crippen LogP contribution is -2.36. The maximum atomic E-state index is 11.9. The topological polar surface area (TPSA) is 53.6 Å². The Morgan fingerprint density at radius 1 is 1.52 bits per heavy atom. The Kier molecular flexibility index (Phi) is 5.24. The standard InChI is InChI=1S/C15H22BrN3O2/c1-5-19(9(2)8-21-4)13-7-12-10(6-11(13)16)14(17-3)15(20)18-12/h6-7,9,14,17H,5,8H2,1-4H3,(H,18,20). The Hall–Kier alpha value is -1.11. The summed E-state index contributed by atoms with van der Waals surface area (Å²) in [5.74, 6) is -0.00969. The molecule has 0 bridgehead atoms. The first kappa shape index (κ1) is 16.3. The van der Waals surface area contributed by atoms with Gasteiger partial charge in [0, 0.05) is 35.4 Å². The van der Waals surface area contributed by atoms with Crippen LogP contribution in [-0.4, -0.2) is 39.3 Å². The minimum atomic E-state index is -0.281. The van der Waals surface area contributed by atoms with Crippen molar-refractivity contribution in [3.8, 4) is 0 Å². The van der Waals surface area contributed by atoms with Gasteiger partial charge in [-0.15, -0.1) is 0 Å². The van der Waals surface area contributed by atoms with Gasteiger partial charge in [0.25, 0.3) is 0 Å². The van der Waals surface area contributed by atoms with Gasteiger partial charge in [-0.3, -0.25) is 4.79 Å². The van der Waals surface area contributed by atoms with Crippen LogP contribution in [-0.2, 0) is 9.53 Å². The molecule has 5 nitrogen and oxygen atoms in total. The number of ether oxygens (including phenoxy) is 1. The number of amides is 1. The fourth-order valence-corrected chi connectivity index (χ4v) is 3.42. The number of halogens is 1. The molecule has 1 heterocycles. The van der Waals surface area contributed by atoms with Crippen molar-refractivity contribution in [2.24, 2.45) is 0 Å². The molecule has 1 aromatic rings. The molecule has 6 heteroatoms. The van der Waals surface area contributed by atoms with E-state index in [9.17, 15) is 4.79 Å². The molecular weight excluding hydrogens is 334 g/mol. The molecule has 0 aliphatic carbocycles. The van der Waals surface area contributed by atoms with Gasteiger partial charge in [0.1, 0.15) is 6.04 Å². The van der Waals surface area contributed by atoms with Gasteiger partial charge in [0.2, 0.25) is 5.91 Å². The Balaban J connectivity index is 2.39. The molecule has 2 unspecified atom stereocenters. The van der Waals surface area contributed by atoms with Crippen LogP contribution in [0.2, 0.25) is 0 Å². The molecule has 0 saturated heterocycles. The molecule has 1 aromatic carbocycles. The Labute approximate surface area is 134 Å². The summed E-state index contributed by atoms with van der Waals surface area (Å²) in [6.45, 7) is 5.76. The predicted molar refractivity (Wildman–Crippen MR) is 88.9 cm³/mol. The molecule has 1 amide bonds. The first-order valence-corrected chi connectivity index (χ1v) is 7.89. The number of methoxy groups -OCH3 is 1. The largest absolute Gasteiger partial charge is 0.383 e. The van der Waals surface area contributed by atoms with Crippen molar-refractivity contribution in [2.45, 2.75) is 25.9 Å². The van der Waals surface area contributed by atoms with Crippen molar-refractivity contribution < 1.29 is 9.53 Å². The van der Waals surface area contributed by atoms with Crippen LogP contribution in [0.15, 0.2) is 16.6 Å². The number of carbonyl (C=O) groups excluding carboxylic acids is 1. The number of hydrogen-bond acceptors (Lipinski definition) is 4. The van der Waals surface area contributed by atoms with E-state index in [1.54, 1.807) is 14.2 Å². The number of nitrogens with one attached hydrogen (secondary N) is 2. The molecule has 2 atom stereocenters. The smallest absolute Gasteiger partial charge is 0.246 e. The third kappa shape index (κ3) is 3.07. The van der Waals surface area contributed by atoms with E-state index >= 15 is 0 Å². The molecule has 0 saturated carbocycles. The van der Waals surface area contributed by atoms with Crippen molar-refractivity contribution in [1.29, 1.82) is 0 Å². The van der Waals surface area contributed by atoms with Crippen LogP contribution in [0.1, 0.15) is 25.5 Å². The van der Waals surface area contributed by atoms with E-state index in [0.29, 0.717) is 6.61 Å². The lowest BCUT2D eigenvalue weighted by atomic mass is 10.1. The Morgan fingerprint density at radius 3 is 2.81 bits per heavy atom. The normalized spacial score (nSPS) is 18.3. The van der Waals surface area contributed by atoms with E-state index in [4.69, 9.17) is 4.74 Å². The minimum absolute atomic E-state index is 0.00969. The summed E-state index contributed by atoms with van der Waals surface area (Å²) in [6.07, 6.45) is 0. The Bertz CT molecular complexity index is 536. The van der Waals surface area contributed by atoms with E-state index in [1.165, 1.54) is 0 Å². The monoisotopic (exact) mass is 355 g/mol. The number of rotatable bonds is 6. The SMILES string of the molecule is CCN(c1cc2c(cc1Br)C(NC)C(=O)N2)C(C)COC. The van der Waals surface area contributed by atoms with Crippen LogP contribution in [0.5, 0.6) is 0 Å². The quantitative estimate of drug-likeness (QED) is 0.823. The molecule has 1 aliphatic rings. The highest BCUT2D eigenvalue weighted by Gasteiger charge is 2.31. The molecule has 1 aliphatic heterocycles. The van der Waals surface area contributed by atoms with Gasteiger partial charge in [-0.2, -0.15) is 0 Å². The summed E-state index contributed by atoms with van der Waals surface area (Å²) in [5, 5.41) is 5.97. The van der Waals surface area contributed by atoms with Crippen molar-refractivity contribution in [3.63, 3.8) is 0 Å². The van der Waals surface area contributed by atoms with E-state index in [1.807, 2.05) is 12.1 Å². The van der Waals surface area contributed by atoms with Crippen molar-refractivity contribution in [1.82, 2.24) is 5.32 Å². The van der Waals surface area contributed by atoms with Crippen LogP contribution < -0.4 is 15.5 Å². The van der Waals surface area contributed by atoms with Gasteiger partial charge in [-0.1, -0.05) is 0 Å². The molecule has 0 aromatic heterocycles. The summed E-state index contributed by atoms with van der Waals surface area (Å²) < 4.78 is 6.24. The second kappa shape index (κ2) is 6.77. The first-order valence-electron chi connectivity index (χ1n) is 7.10. The van der Waals surface area contributed by atoms with Crippen LogP contribution in [0.25, 0.3) is 0 Å². The second-order valence-electron chi connectivity index (χ2n) is 5.19. The molecule has 2 N–H and O–H groups in total. The average molecular weight is 356 g/mol. The molecule has 0 fully saturated rings. The number of likely N-dealkylation sites (N-methyl/N-ethyl adjacent to an activating group) is 2. The number of nitrogens with zero attached hydrogens (tertiary/aromatic N) is 1. The van der Waals surface area contributed by atoms with E-state index < -0.39 is 0 Å². The van der Waals surface area contributed by atoms with Gasteiger partial charge >= 0.3 is 0 Å². The van der Waals surface area contributed by atoms with Gasteiger partial charge in [0.05, 0.1) is 12.3 Å². The lowest BCUT2D eigenvalue weighted by molar-refractivity contribution is -0.117. The highest BCUT2D eigenvalue weighted by molar-refractivity contribution is 9.10. The zero-order chi connectivity index (χ0) is 15.6. The number of fused-ring (bicyclic) bond motifs is 1.